The average molecular weight is 405 g/mol. The summed E-state index contributed by atoms with van der Waals surface area (Å²) in [5.74, 6) is 0. The minimum Gasteiger partial charge on any atom is -0.242 e. The van der Waals surface area contributed by atoms with Gasteiger partial charge in [0.05, 0.1) is 16.5 Å². The number of benzene rings is 2. The second-order valence-corrected chi connectivity index (χ2v) is 9.42. The first-order valence-electron chi connectivity index (χ1n) is 8.94. The summed E-state index contributed by atoms with van der Waals surface area (Å²) >= 11 is 6.11. The van der Waals surface area contributed by atoms with Gasteiger partial charge < -0.3 is 0 Å². The number of piperidine rings is 1. The third kappa shape index (κ3) is 3.35. The molecular weight excluding hydrogens is 384 g/mol. The van der Waals surface area contributed by atoms with Crippen LogP contribution in [0.5, 0.6) is 0 Å². The van der Waals surface area contributed by atoms with E-state index in [1.807, 2.05) is 36.7 Å². The van der Waals surface area contributed by atoms with E-state index in [1.54, 1.807) is 12.1 Å². The minimum atomic E-state index is -3.54. The number of hydrogen-bond donors (Lipinski definition) is 0. The van der Waals surface area contributed by atoms with Crippen LogP contribution in [0.2, 0.25) is 5.02 Å². The lowest BCUT2D eigenvalue weighted by Gasteiger charge is -2.31. The van der Waals surface area contributed by atoms with Crippen LogP contribution < -0.4 is 0 Å². The van der Waals surface area contributed by atoms with Crippen molar-refractivity contribution >= 4 is 32.7 Å². The van der Waals surface area contributed by atoms with Gasteiger partial charge in [-0.1, -0.05) is 28.9 Å². The van der Waals surface area contributed by atoms with E-state index >= 15 is 0 Å². The van der Waals surface area contributed by atoms with Crippen molar-refractivity contribution in [2.45, 2.75) is 37.6 Å². The van der Waals surface area contributed by atoms with Gasteiger partial charge in [0.25, 0.3) is 0 Å². The van der Waals surface area contributed by atoms with Crippen molar-refractivity contribution in [3.8, 4) is 0 Å². The fraction of sp³-hybridized carbons (Fsp3) is 0.368. The van der Waals surface area contributed by atoms with E-state index < -0.39 is 10.0 Å². The zero-order chi connectivity index (χ0) is 19.2. The van der Waals surface area contributed by atoms with E-state index in [9.17, 15) is 8.42 Å². The van der Waals surface area contributed by atoms with E-state index in [4.69, 9.17) is 11.6 Å². The summed E-state index contributed by atoms with van der Waals surface area (Å²) in [5.41, 5.74) is 3.88. The molecule has 1 saturated heterocycles. The highest BCUT2D eigenvalue weighted by molar-refractivity contribution is 7.89. The molecule has 3 aromatic rings. The number of sulfonamides is 1. The van der Waals surface area contributed by atoms with Crippen LogP contribution in [0.4, 0.5) is 0 Å². The van der Waals surface area contributed by atoms with E-state index in [1.165, 1.54) is 10.4 Å². The molecule has 0 aliphatic carbocycles. The van der Waals surface area contributed by atoms with Crippen LogP contribution in [-0.4, -0.2) is 40.8 Å². The van der Waals surface area contributed by atoms with Crippen LogP contribution in [0.15, 0.2) is 41.3 Å². The summed E-state index contributed by atoms with van der Waals surface area (Å²) in [5, 5.41) is 9.03. The normalized spacial score (nSPS) is 16.9. The lowest BCUT2D eigenvalue weighted by atomic mass is 10.1. The average Bonchev–Trinajstić information content (AvgIpc) is 3.07. The van der Waals surface area contributed by atoms with Crippen LogP contribution in [0.1, 0.15) is 30.0 Å². The van der Waals surface area contributed by atoms with Crippen LogP contribution in [-0.2, 0) is 10.0 Å². The maximum absolute atomic E-state index is 12.9. The number of hydrogen-bond acceptors (Lipinski definition) is 4. The summed E-state index contributed by atoms with van der Waals surface area (Å²) < 4.78 is 29.3. The molecule has 0 N–H and O–H groups in total. The van der Waals surface area contributed by atoms with Crippen molar-refractivity contribution in [3.63, 3.8) is 0 Å². The molecule has 0 atom stereocenters. The minimum absolute atomic E-state index is 0.144. The molecule has 0 radical (unpaired) electrons. The Hall–Kier alpha value is -1.96. The Morgan fingerprint density at radius 3 is 2.52 bits per heavy atom. The summed E-state index contributed by atoms with van der Waals surface area (Å²) in [6.07, 6.45) is 1.40. The first-order chi connectivity index (χ1) is 12.9. The zero-order valence-electron chi connectivity index (χ0n) is 15.3. The molecule has 0 bridgehead atoms. The van der Waals surface area contributed by atoms with Gasteiger partial charge in [-0.25, -0.2) is 13.1 Å². The summed E-state index contributed by atoms with van der Waals surface area (Å²) in [4.78, 5) is 0.248. The third-order valence-electron chi connectivity index (χ3n) is 5.18. The number of fused-ring (bicyclic) bond motifs is 1. The largest absolute Gasteiger partial charge is 0.243 e. The molecule has 4 rings (SSSR count). The summed E-state index contributed by atoms with van der Waals surface area (Å²) in [6.45, 7) is 4.78. The Labute approximate surface area is 163 Å². The quantitative estimate of drug-likeness (QED) is 0.667. The van der Waals surface area contributed by atoms with E-state index in [-0.39, 0.29) is 10.9 Å². The maximum Gasteiger partial charge on any atom is 0.243 e. The molecule has 0 amide bonds. The van der Waals surface area contributed by atoms with Gasteiger partial charge in [-0.3, -0.25) is 0 Å². The van der Waals surface area contributed by atoms with E-state index in [0.717, 1.165) is 22.2 Å². The molecule has 0 unspecified atom stereocenters. The van der Waals surface area contributed by atoms with E-state index in [2.05, 4.69) is 10.3 Å². The van der Waals surface area contributed by atoms with E-state index in [0.29, 0.717) is 31.0 Å². The second kappa shape index (κ2) is 6.89. The maximum atomic E-state index is 12.9. The zero-order valence-corrected chi connectivity index (χ0v) is 16.8. The Bertz CT molecular complexity index is 1100. The lowest BCUT2D eigenvalue weighted by molar-refractivity contribution is 0.263. The number of aryl methyl sites for hydroxylation is 2. The predicted molar refractivity (Wildman–Crippen MR) is 105 cm³/mol. The Morgan fingerprint density at radius 2 is 1.81 bits per heavy atom. The number of rotatable bonds is 3. The van der Waals surface area contributed by atoms with Crippen molar-refractivity contribution in [3.05, 3.63) is 52.5 Å². The topological polar surface area (TPSA) is 68.1 Å². The molecule has 2 heterocycles. The Balaban J connectivity index is 1.53. The smallest absolute Gasteiger partial charge is 0.242 e. The fourth-order valence-electron chi connectivity index (χ4n) is 3.53. The third-order valence-corrected chi connectivity index (χ3v) is 7.48. The van der Waals surface area contributed by atoms with Crippen molar-refractivity contribution in [2.24, 2.45) is 0 Å². The first kappa shape index (κ1) is 18.4. The second-order valence-electron chi connectivity index (χ2n) is 7.07. The first-order valence-corrected chi connectivity index (χ1v) is 10.8. The number of halogens is 1. The highest BCUT2D eigenvalue weighted by Gasteiger charge is 2.31. The fourth-order valence-corrected chi connectivity index (χ4v) is 5.27. The Morgan fingerprint density at radius 1 is 1.07 bits per heavy atom. The summed E-state index contributed by atoms with van der Waals surface area (Å²) in [6, 6.07) is 11.1. The van der Waals surface area contributed by atoms with Gasteiger partial charge in [0.15, 0.2) is 0 Å². The molecule has 8 heteroatoms. The lowest BCUT2D eigenvalue weighted by Crippen LogP contribution is -2.39. The molecule has 1 aliphatic rings. The van der Waals surface area contributed by atoms with Crippen LogP contribution in [0, 0.1) is 13.8 Å². The van der Waals surface area contributed by atoms with Crippen molar-refractivity contribution in [2.75, 3.05) is 13.1 Å². The molecule has 6 nitrogen and oxygen atoms in total. The van der Waals surface area contributed by atoms with Crippen LogP contribution in [0.25, 0.3) is 11.0 Å². The summed E-state index contributed by atoms with van der Waals surface area (Å²) in [7, 11) is -3.54. The van der Waals surface area contributed by atoms with Gasteiger partial charge in [0.1, 0.15) is 5.52 Å². The molecule has 142 valence electrons. The molecule has 1 aliphatic heterocycles. The SMILES string of the molecule is Cc1ccc2c(c1)nnn2C1CCN(S(=O)(=O)c2ccc(C)c(Cl)c2)CC1. The highest BCUT2D eigenvalue weighted by atomic mass is 35.5. The number of nitrogens with zero attached hydrogens (tertiary/aromatic N) is 4. The molecule has 1 fully saturated rings. The van der Waals surface area contributed by atoms with Gasteiger partial charge in [-0.2, -0.15) is 4.31 Å². The van der Waals surface area contributed by atoms with Crippen molar-refractivity contribution in [1.29, 1.82) is 0 Å². The molecule has 1 aromatic heterocycles. The van der Waals surface area contributed by atoms with Gasteiger partial charge in [-0.15, -0.1) is 5.10 Å². The monoisotopic (exact) mass is 404 g/mol. The molecule has 2 aromatic carbocycles. The van der Waals surface area contributed by atoms with Crippen LogP contribution >= 0.6 is 11.6 Å². The van der Waals surface area contributed by atoms with Gasteiger partial charge in [-0.05, 0) is 62.1 Å². The molecule has 0 saturated carbocycles. The van der Waals surface area contributed by atoms with Crippen LogP contribution in [0.3, 0.4) is 0 Å². The number of aromatic nitrogens is 3. The molecule has 27 heavy (non-hydrogen) atoms. The highest BCUT2D eigenvalue weighted by Crippen LogP contribution is 2.30. The van der Waals surface area contributed by atoms with Crippen molar-refractivity contribution in [1.82, 2.24) is 19.3 Å². The van der Waals surface area contributed by atoms with Gasteiger partial charge >= 0.3 is 0 Å². The standard InChI is InChI=1S/C19H21ClN4O2S/c1-13-3-6-19-18(11-13)21-22-24(19)15-7-9-23(10-8-15)27(25,26)16-5-4-14(2)17(20)12-16/h3-6,11-12,15H,7-10H2,1-2H3. The predicted octanol–water partition coefficient (Wildman–Crippen LogP) is 3.73. The molecule has 0 spiro atoms. The molecular formula is C19H21ClN4O2S. The van der Waals surface area contributed by atoms with Crippen molar-refractivity contribution < 1.29 is 8.42 Å². The Kier molecular flexibility index (Phi) is 4.70. The van der Waals surface area contributed by atoms with Gasteiger partial charge in [0, 0.05) is 18.1 Å². The van der Waals surface area contributed by atoms with Gasteiger partial charge in [0.2, 0.25) is 10.0 Å².